The normalized spacial score (nSPS) is 11.1. The molecule has 0 heterocycles. The molecule has 0 radical (unpaired) electrons. The van der Waals surface area contributed by atoms with E-state index >= 15 is 0 Å². The Hall–Kier alpha value is -0.950. The number of carbonyl (C=O) groups is 1. The number of nitrogens with one attached hydrogen (secondary N) is 1. The van der Waals surface area contributed by atoms with Crippen LogP contribution < -0.4 is 5.32 Å². The molecule has 0 aromatic heterocycles. The number of hydrogen-bond acceptors (Lipinski definition) is 5. The first-order valence-corrected chi connectivity index (χ1v) is 11.6. The number of unbranched alkanes of at least 4 members (excludes halogenated alkanes) is 13. The highest BCUT2D eigenvalue weighted by Crippen LogP contribution is 2.10. The first-order chi connectivity index (χ1) is 14.0. The van der Waals surface area contributed by atoms with E-state index in [0.29, 0.717) is 0 Å². The average molecular weight is 418 g/mol. The van der Waals surface area contributed by atoms with Crippen molar-refractivity contribution in [2.75, 3.05) is 19.7 Å². The topological polar surface area (TPSA) is 110 Å². The quantitative estimate of drug-likeness (QED) is 0.114. The van der Waals surface area contributed by atoms with Gasteiger partial charge in [0.1, 0.15) is 6.61 Å². The van der Waals surface area contributed by atoms with Gasteiger partial charge in [0.05, 0.1) is 0 Å². The van der Waals surface area contributed by atoms with Crippen molar-refractivity contribution >= 4 is 5.97 Å². The molecule has 0 aromatic carbocycles. The molecule has 0 atom stereocenters. The van der Waals surface area contributed by atoms with Gasteiger partial charge in [-0.15, -0.1) is 0 Å². The molecule has 0 fully saturated rings. The maximum absolute atomic E-state index is 9.12. The number of allylic oxidation sites excluding steroid dienone is 2. The number of carboxylic acids is 1. The van der Waals surface area contributed by atoms with Crippen LogP contribution in [0.4, 0.5) is 0 Å². The summed E-state index contributed by atoms with van der Waals surface area (Å²) in [6.07, 6.45) is 23.5. The molecule has 0 saturated carbocycles. The second-order valence-corrected chi connectivity index (χ2v) is 7.53. The molecule has 6 heteroatoms. The summed E-state index contributed by atoms with van der Waals surface area (Å²) in [7, 11) is 0. The van der Waals surface area contributed by atoms with Crippen molar-refractivity contribution in [3.8, 4) is 0 Å². The van der Waals surface area contributed by atoms with E-state index in [4.69, 9.17) is 25.2 Å². The fourth-order valence-electron chi connectivity index (χ4n) is 2.91. The van der Waals surface area contributed by atoms with Gasteiger partial charge in [0.25, 0.3) is 0 Å². The van der Waals surface area contributed by atoms with Crippen molar-refractivity contribution in [3.05, 3.63) is 12.2 Å². The lowest BCUT2D eigenvalue weighted by atomic mass is 10.1. The van der Waals surface area contributed by atoms with Crippen LogP contribution in [0.2, 0.25) is 0 Å². The number of rotatable bonds is 20. The van der Waals surface area contributed by atoms with Gasteiger partial charge in [-0.25, -0.2) is 4.79 Å². The molecule has 5 N–H and O–H groups in total. The number of aliphatic hydroxyl groups is 3. The standard InChI is InChI=1S/C21H43NO2.C2H4O3/c1-2-3-4-5-6-7-8-9-10-11-12-13-14-15-16-17-18-19-22-20-21(23)24;3-1-2(4)5/h9-10,21-24H,2-8,11-20H2,1H3;3H,1H2,(H,4,5)/b10-9-;. The van der Waals surface area contributed by atoms with Gasteiger partial charge < -0.3 is 25.7 Å². The number of hydrogen-bond donors (Lipinski definition) is 5. The molecule has 0 unspecified atom stereocenters. The van der Waals surface area contributed by atoms with Crippen LogP contribution in [-0.4, -0.2) is 52.4 Å². The fraction of sp³-hybridized carbons (Fsp3) is 0.870. The predicted octanol–water partition coefficient (Wildman–Crippen LogP) is 4.38. The van der Waals surface area contributed by atoms with E-state index < -0.39 is 18.9 Å². The van der Waals surface area contributed by atoms with Crippen LogP contribution >= 0.6 is 0 Å². The molecule has 6 nitrogen and oxygen atoms in total. The predicted molar refractivity (Wildman–Crippen MR) is 120 cm³/mol. The lowest BCUT2D eigenvalue weighted by molar-refractivity contribution is -0.140. The number of carboxylic acid groups (broad SMARTS) is 1. The van der Waals surface area contributed by atoms with E-state index in [2.05, 4.69) is 24.4 Å². The minimum Gasteiger partial charge on any atom is -0.480 e. The van der Waals surface area contributed by atoms with Gasteiger partial charge in [-0.2, -0.15) is 0 Å². The zero-order valence-corrected chi connectivity index (χ0v) is 18.7. The van der Waals surface area contributed by atoms with Gasteiger partial charge in [0.15, 0.2) is 6.29 Å². The Morgan fingerprint density at radius 1 is 0.793 bits per heavy atom. The van der Waals surface area contributed by atoms with Crippen LogP contribution in [-0.2, 0) is 4.79 Å². The van der Waals surface area contributed by atoms with E-state index in [0.717, 1.165) is 13.0 Å². The number of aliphatic hydroxyl groups excluding tert-OH is 2. The second kappa shape index (κ2) is 27.0. The number of aliphatic carboxylic acids is 1. The van der Waals surface area contributed by atoms with Crippen LogP contribution in [0.15, 0.2) is 12.2 Å². The van der Waals surface area contributed by atoms with E-state index in [1.54, 1.807) is 0 Å². The van der Waals surface area contributed by atoms with Gasteiger partial charge in [-0.1, -0.05) is 83.3 Å². The zero-order valence-electron chi connectivity index (χ0n) is 18.7. The van der Waals surface area contributed by atoms with Crippen LogP contribution in [0, 0.1) is 0 Å². The molecule has 0 aliphatic rings. The summed E-state index contributed by atoms with van der Waals surface area (Å²) in [6.45, 7) is 2.67. The van der Waals surface area contributed by atoms with Crippen LogP contribution in [0.25, 0.3) is 0 Å². The summed E-state index contributed by atoms with van der Waals surface area (Å²) in [5.41, 5.74) is 0. The third kappa shape index (κ3) is 34.9. The highest BCUT2D eigenvalue weighted by atomic mass is 16.5. The fourth-order valence-corrected chi connectivity index (χ4v) is 2.91. The molecule has 29 heavy (non-hydrogen) atoms. The van der Waals surface area contributed by atoms with E-state index in [1.165, 1.54) is 89.9 Å². The molecular formula is C23H47NO5. The van der Waals surface area contributed by atoms with Gasteiger partial charge in [-0.05, 0) is 38.6 Å². The maximum Gasteiger partial charge on any atom is 0.329 e. The van der Waals surface area contributed by atoms with E-state index in [9.17, 15) is 0 Å². The summed E-state index contributed by atoms with van der Waals surface area (Å²) in [4.78, 5) is 9.12. The first-order valence-electron chi connectivity index (χ1n) is 11.6. The molecule has 0 saturated heterocycles. The third-order valence-electron chi connectivity index (χ3n) is 4.58. The molecule has 0 aliphatic carbocycles. The molecule has 0 amide bonds. The van der Waals surface area contributed by atoms with Crippen LogP contribution in [0.5, 0.6) is 0 Å². The molecule has 0 rings (SSSR count). The minimum atomic E-state index is -1.22. The Labute approximate surface area is 178 Å². The summed E-state index contributed by atoms with van der Waals surface area (Å²) in [5, 5.41) is 35.4. The van der Waals surface area contributed by atoms with Crippen LogP contribution in [0.3, 0.4) is 0 Å². The monoisotopic (exact) mass is 417 g/mol. The summed E-state index contributed by atoms with van der Waals surface area (Å²) < 4.78 is 0. The molecular weight excluding hydrogens is 370 g/mol. The SMILES string of the molecule is CCCCCCCC/C=C\CCCCCCCCCNCC(O)O.O=C(O)CO. The van der Waals surface area contributed by atoms with Gasteiger partial charge in [-0.3, -0.25) is 0 Å². The molecule has 0 aromatic rings. The smallest absolute Gasteiger partial charge is 0.329 e. The highest BCUT2D eigenvalue weighted by Gasteiger charge is 1.95. The van der Waals surface area contributed by atoms with Crippen molar-refractivity contribution in [2.45, 2.75) is 110 Å². The summed E-state index contributed by atoms with van der Waals surface area (Å²) >= 11 is 0. The van der Waals surface area contributed by atoms with E-state index in [1.807, 2.05) is 0 Å². The molecule has 174 valence electrons. The lowest BCUT2D eigenvalue weighted by Gasteiger charge is -2.05. The van der Waals surface area contributed by atoms with Crippen molar-refractivity contribution in [2.24, 2.45) is 0 Å². The van der Waals surface area contributed by atoms with Gasteiger partial charge in [0.2, 0.25) is 0 Å². The van der Waals surface area contributed by atoms with E-state index in [-0.39, 0.29) is 6.54 Å². The second-order valence-electron chi connectivity index (χ2n) is 7.53. The lowest BCUT2D eigenvalue weighted by Crippen LogP contribution is -2.26. The molecule has 0 bridgehead atoms. The molecule has 0 spiro atoms. The zero-order chi connectivity index (χ0) is 22.0. The average Bonchev–Trinajstić information content (AvgIpc) is 2.70. The summed E-state index contributed by atoms with van der Waals surface area (Å²) in [6, 6.07) is 0. The maximum atomic E-state index is 9.12. The van der Waals surface area contributed by atoms with Gasteiger partial charge in [0, 0.05) is 6.54 Å². The van der Waals surface area contributed by atoms with Crippen LogP contribution in [0.1, 0.15) is 103 Å². The Bertz CT molecular complexity index is 348. The Balaban J connectivity index is 0. The molecule has 0 aliphatic heterocycles. The van der Waals surface area contributed by atoms with Crippen molar-refractivity contribution < 1.29 is 25.2 Å². The van der Waals surface area contributed by atoms with Crippen molar-refractivity contribution in [1.82, 2.24) is 5.32 Å². The van der Waals surface area contributed by atoms with Crippen molar-refractivity contribution in [3.63, 3.8) is 0 Å². The largest absolute Gasteiger partial charge is 0.480 e. The Morgan fingerprint density at radius 3 is 1.62 bits per heavy atom. The Kier molecular flexibility index (Phi) is 28.2. The van der Waals surface area contributed by atoms with Gasteiger partial charge >= 0.3 is 5.97 Å². The third-order valence-corrected chi connectivity index (χ3v) is 4.58. The minimum absolute atomic E-state index is 0.284. The first kappa shape index (κ1) is 30.2. The summed E-state index contributed by atoms with van der Waals surface area (Å²) in [5.74, 6) is -1.19. The van der Waals surface area contributed by atoms with Crippen molar-refractivity contribution in [1.29, 1.82) is 0 Å². The highest BCUT2D eigenvalue weighted by molar-refractivity contribution is 5.67. The Morgan fingerprint density at radius 2 is 1.21 bits per heavy atom.